The number of rotatable bonds is 4. The van der Waals surface area contributed by atoms with Crippen LogP contribution in [0.5, 0.6) is 0 Å². The average Bonchev–Trinajstić information content (AvgIpc) is 3.02. The molecule has 0 saturated carbocycles. The molecule has 1 aromatic heterocycles. The van der Waals surface area contributed by atoms with Gasteiger partial charge in [-0.15, -0.1) is 11.3 Å². The number of amides is 1. The van der Waals surface area contributed by atoms with Crippen molar-refractivity contribution in [2.75, 3.05) is 6.54 Å². The summed E-state index contributed by atoms with van der Waals surface area (Å²) in [5.41, 5.74) is -1.05. The lowest BCUT2D eigenvalue weighted by molar-refractivity contribution is -0.155. The Morgan fingerprint density at radius 3 is 2.85 bits per heavy atom. The van der Waals surface area contributed by atoms with Gasteiger partial charge in [-0.2, -0.15) is 0 Å². The van der Waals surface area contributed by atoms with E-state index in [0.29, 0.717) is 23.7 Å². The van der Waals surface area contributed by atoms with Crippen LogP contribution in [-0.2, 0) is 9.59 Å². The zero-order chi connectivity index (χ0) is 14.8. The van der Waals surface area contributed by atoms with Crippen LogP contribution in [0, 0.1) is 0 Å². The smallest absolute Gasteiger partial charge is 0.329 e. The van der Waals surface area contributed by atoms with Crippen LogP contribution in [-0.4, -0.2) is 34.0 Å². The molecule has 108 valence electrons. The van der Waals surface area contributed by atoms with E-state index in [0.717, 1.165) is 11.3 Å². The highest BCUT2D eigenvalue weighted by molar-refractivity contribution is 7.17. The van der Waals surface area contributed by atoms with Crippen molar-refractivity contribution >= 4 is 40.9 Å². The van der Waals surface area contributed by atoms with Gasteiger partial charge < -0.3 is 10.0 Å². The number of hydrogen-bond acceptors (Lipinski definition) is 3. The van der Waals surface area contributed by atoms with Gasteiger partial charge in [0.25, 0.3) is 0 Å². The molecule has 1 N–H and O–H groups in total. The summed E-state index contributed by atoms with van der Waals surface area (Å²) in [7, 11) is 0. The lowest BCUT2D eigenvalue weighted by Crippen LogP contribution is -2.52. The fourth-order valence-corrected chi connectivity index (χ4v) is 3.57. The molecule has 0 radical (unpaired) electrons. The largest absolute Gasteiger partial charge is 0.479 e. The molecule has 0 aliphatic carbocycles. The fourth-order valence-electron chi connectivity index (χ4n) is 2.60. The first-order chi connectivity index (χ1) is 9.49. The van der Waals surface area contributed by atoms with E-state index in [1.165, 1.54) is 22.3 Å². The van der Waals surface area contributed by atoms with Gasteiger partial charge >= 0.3 is 5.97 Å². The monoisotopic (exact) mass is 313 g/mol. The Hall–Kier alpha value is -1.33. The van der Waals surface area contributed by atoms with E-state index in [2.05, 4.69) is 0 Å². The summed E-state index contributed by atoms with van der Waals surface area (Å²) in [5, 5.41) is 9.44. The number of hydrogen-bond donors (Lipinski definition) is 1. The van der Waals surface area contributed by atoms with Crippen molar-refractivity contribution < 1.29 is 14.7 Å². The Labute approximate surface area is 126 Å². The third-order valence-electron chi connectivity index (χ3n) is 3.72. The van der Waals surface area contributed by atoms with E-state index in [4.69, 9.17) is 11.6 Å². The molecule has 1 aromatic rings. The van der Waals surface area contributed by atoms with Crippen molar-refractivity contribution in [3.05, 3.63) is 27.4 Å². The van der Waals surface area contributed by atoms with Crippen molar-refractivity contribution in [1.82, 2.24) is 4.90 Å². The number of carbonyl (C=O) groups is 2. The summed E-state index contributed by atoms with van der Waals surface area (Å²) in [6, 6.07) is 3.59. The first-order valence-corrected chi connectivity index (χ1v) is 7.67. The maximum Gasteiger partial charge on any atom is 0.329 e. The van der Waals surface area contributed by atoms with Crippen LogP contribution in [0.4, 0.5) is 0 Å². The van der Waals surface area contributed by atoms with Crippen molar-refractivity contribution in [2.45, 2.75) is 31.7 Å². The number of carboxylic acid groups (broad SMARTS) is 1. The molecule has 1 saturated heterocycles. The fraction of sp³-hybridized carbons (Fsp3) is 0.429. The predicted octanol–water partition coefficient (Wildman–Crippen LogP) is 3.27. The molecule has 0 bridgehead atoms. The molecule has 4 nitrogen and oxygen atoms in total. The maximum absolute atomic E-state index is 12.3. The minimum atomic E-state index is -1.05. The van der Waals surface area contributed by atoms with Gasteiger partial charge in [0.05, 0.1) is 4.34 Å². The Bertz CT molecular complexity index is 554. The van der Waals surface area contributed by atoms with Crippen LogP contribution in [0.3, 0.4) is 0 Å². The topological polar surface area (TPSA) is 57.6 Å². The molecule has 1 unspecified atom stereocenters. The second-order valence-electron chi connectivity index (χ2n) is 4.76. The van der Waals surface area contributed by atoms with Crippen molar-refractivity contribution in [1.29, 1.82) is 0 Å². The molecule has 1 aliphatic rings. The highest BCUT2D eigenvalue weighted by Crippen LogP contribution is 2.33. The Kier molecular flexibility index (Phi) is 4.50. The molecule has 2 rings (SSSR count). The normalized spacial score (nSPS) is 22.6. The van der Waals surface area contributed by atoms with E-state index in [9.17, 15) is 14.7 Å². The molecule has 1 aliphatic heterocycles. The van der Waals surface area contributed by atoms with Gasteiger partial charge in [-0.1, -0.05) is 18.5 Å². The second-order valence-corrected chi connectivity index (χ2v) is 6.51. The third kappa shape index (κ3) is 2.74. The SMILES string of the molecule is CCC1(C(=O)O)CCCN1C(=O)/C=C/c1ccc(Cl)s1. The van der Waals surface area contributed by atoms with Gasteiger partial charge in [0, 0.05) is 17.5 Å². The van der Waals surface area contributed by atoms with Gasteiger partial charge in [0.15, 0.2) is 0 Å². The number of thiophene rings is 1. The number of likely N-dealkylation sites (tertiary alicyclic amines) is 1. The molecule has 20 heavy (non-hydrogen) atoms. The standard InChI is InChI=1S/C14H16ClNO3S/c1-2-14(13(18)19)8-3-9-16(14)12(17)7-5-10-4-6-11(15)20-10/h4-7H,2-3,8-9H2,1H3,(H,18,19)/b7-5+. The molecule has 1 amide bonds. The average molecular weight is 314 g/mol. The predicted molar refractivity (Wildman–Crippen MR) is 80.0 cm³/mol. The molecule has 1 fully saturated rings. The molecule has 2 heterocycles. The summed E-state index contributed by atoms with van der Waals surface area (Å²) in [6.07, 6.45) is 4.78. The van der Waals surface area contributed by atoms with Crippen molar-refractivity contribution in [3.63, 3.8) is 0 Å². The Morgan fingerprint density at radius 1 is 1.55 bits per heavy atom. The van der Waals surface area contributed by atoms with Crippen LogP contribution in [0.1, 0.15) is 31.1 Å². The van der Waals surface area contributed by atoms with E-state index < -0.39 is 11.5 Å². The lowest BCUT2D eigenvalue weighted by atomic mass is 9.93. The molecular weight excluding hydrogens is 298 g/mol. The van der Waals surface area contributed by atoms with Gasteiger partial charge in [-0.05, 0) is 37.5 Å². The van der Waals surface area contributed by atoms with E-state index in [1.807, 2.05) is 13.0 Å². The summed E-state index contributed by atoms with van der Waals surface area (Å²) < 4.78 is 0.659. The van der Waals surface area contributed by atoms with Crippen LogP contribution >= 0.6 is 22.9 Å². The van der Waals surface area contributed by atoms with E-state index in [1.54, 1.807) is 12.1 Å². The van der Waals surface area contributed by atoms with E-state index >= 15 is 0 Å². The number of halogens is 1. The second kappa shape index (κ2) is 5.97. The van der Waals surface area contributed by atoms with Gasteiger partial charge in [-0.25, -0.2) is 4.79 Å². The number of nitrogens with zero attached hydrogens (tertiary/aromatic N) is 1. The van der Waals surface area contributed by atoms with Gasteiger partial charge in [0.2, 0.25) is 5.91 Å². The molecule has 6 heteroatoms. The first kappa shape index (κ1) is 15.1. The zero-order valence-corrected chi connectivity index (χ0v) is 12.7. The highest BCUT2D eigenvalue weighted by atomic mass is 35.5. The number of aliphatic carboxylic acids is 1. The molecule has 0 aromatic carbocycles. The zero-order valence-electron chi connectivity index (χ0n) is 11.1. The van der Waals surface area contributed by atoms with Crippen LogP contribution in [0.25, 0.3) is 6.08 Å². The maximum atomic E-state index is 12.3. The summed E-state index contributed by atoms with van der Waals surface area (Å²) in [5.74, 6) is -1.17. The summed E-state index contributed by atoms with van der Waals surface area (Å²) in [6.45, 7) is 2.30. The minimum Gasteiger partial charge on any atom is -0.479 e. The molecular formula is C14H16ClNO3S. The highest BCUT2D eigenvalue weighted by Gasteiger charge is 2.47. The quantitative estimate of drug-likeness (QED) is 0.868. The lowest BCUT2D eigenvalue weighted by Gasteiger charge is -2.33. The molecule has 1 atom stereocenters. The third-order valence-corrected chi connectivity index (χ3v) is 4.92. The van der Waals surface area contributed by atoms with Crippen molar-refractivity contribution in [3.8, 4) is 0 Å². The van der Waals surface area contributed by atoms with Crippen LogP contribution < -0.4 is 0 Å². The number of carboxylic acids is 1. The summed E-state index contributed by atoms with van der Waals surface area (Å²) in [4.78, 5) is 26.1. The Morgan fingerprint density at radius 2 is 2.30 bits per heavy atom. The number of carbonyl (C=O) groups excluding carboxylic acids is 1. The Balaban J connectivity index is 2.16. The summed E-state index contributed by atoms with van der Waals surface area (Å²) >= 11 is 7.20. The van der Waals surface area contributed by atoms with Gasteiger partial charge in [-0.3, -0.25) is 4.79 Å². The minimum absolute atomic E-state index is 0.253. The van der Waals surface area contributed by atoms with Gasteiger partial charge in [0.1, 0.15) is 5.54 Å². The van der Waals surface area contributed by atoms with Crippen LogP contribution in [0.15, 0.2) is 18.2 Å². The first-order valence-electron chi connectivity index (χ1n) is 6.48. The van der Waals surface area contributed by atoms with Crippen molar-refractivity contribution in [2.24, 2.45) is 0 Å². The van der Waals surface area contributed by atoms with Crippen LogP contribution in [0.2, 0.25) is 4.34 Å². The van der Waals surface area contributed by atoms with E-state index in [-0.39, 0.29) is 5.91 Å². The molecule has 0 spiro atoms.